The van der Waals surface area contributed by atoms with Crippen molar-refractivity contribution >= 4 is 17.9 Å². The summed E-state index contributed by atoms with van der Waals surface area (Å²) in [6.07, 6.45) is 6.26. The molecule has 0 aliphatic carbocycles. The molecule has 9 heteroatoms. The van der Waals surface area contributed by atoms with Crippen LogP contribution in [-0.4, -0.2) is 32.7 Å². The molecule has 0 aliphatic rings. The van der Waals surface area contributed by atoms with Gasteiger partial charge < -0.3 is 10.2 Å². The Kier molecular flexibility index (Phi) is 6.89. The summed E-state index contributed by atoms with van der Waals surface area (Å²) in [5.41, 5.74) is 3.80. The molecule has 8 nitrogen and oxygen atoms in total. The molecule has 0 spiro atoms. The van der Waals surface area contributed by atoms with Gasteiger partial charge in [0.2, 0.25) is 6.41 Å². The fourth-order valence-corrected chi connectivity index (χ4v) is 3.61. The summed E-state index contributed by atoms with van der Waals surface area (Å²) in [5.74, 6) is 0.181. The van der Waals surface area contributed by atoms with E-state index in [2.05, 4.69) is 21.5 Å². The average Bonchev–Trinajstić information content (AvgIpc) is 3.23. The van der Waals surface area contributed by atoms with Crippen molar-refractivity contribution in [3.63, 3.8) is 0 Å². The van der Waals surface area contributed by atoms with Gasteiger partial charge in [0.1, 0.15) is 17.6 Å². The van der Waals surface area contributed by atoms with Crippen LogP contribution >= 0.6 is 0 Å². The number of aromatic nitrogens is 4. The quantitative estimate of drug-likeness (QED) is 0.386. The van der Waals surface area contributed by atoms with E-state index < -0.39 is 0 Å². The summed E-state index contributed by atoms with van der Waals surface area (Å²) in [6, 6.07) is 15.8. The summed E-state index contributed by atoms with van der Waals surface area (Å²) in [5, 5.41) is 16.9. The van der Waals surface area contributed by atoms with E-state index in [1.54, 1.807) is 43.8 Å². The van der Waals surface area contributed by atoms with E-state index in [0.29, 0.717) is 48.0 Å². The molecule has 4 rings (SSSR count). The number of carbonyl (C=O) groups excluding carboxylic acids is 1. The van der Waals surface area contributed by atoms with Crippen molar-refractivity contribution in [3.05, 3.63) is 89.8 Å². The minimum absolute atomic E-state index is 0.289. The predicted molar refractivity (Wildman–Crippen MR) is 126 cm³/mol. The Morgan fingerprint density at radius 3 is 2.76 bits per heavy atom. The zero-order valence-corrected chi connectivity index (χ0v) is 18.5. The molecular formula is C25H22FN7O. The monoisotopic (exact) mass is 455 g/mol. The zero-order valence-electron chi connectivity index (χ0n) is 18.5. The lowest BCUT2D eigenvalue weighted by Gasteiger charge is -2.21. The zero-order chi connectivity index (χ0) is 23.9. The molecule has 0 saturated heterocycles. The van der Waals surface area contributed by atoms with Crippen LogP contribution in [0.2, 0.25) is 0 Å². The molecule has 0 bridgehead atoms. The van der Waals surface area contributed by atoms with Gasteiger partial charge in [0, 0.05) is 26.0 Å². The summed E-state index contributed by atoms with van der Waals surface area (Å²) in [6.45, 7) is 0.776. The van der Waals surface area contributed by atoms with E-state index >= 15 is 0 Å². The van der Waals surface area contributed by atoms with E-state index in [9.17, 15) is 14.4 Å². The van der Waals surface area contributed by atoms with Gasteiger partial charge in [-0.2, -0.15) is 10.4 Å². The molecule has 1 aromatic carbocycles. The molecule has 0 radical (unpaired) electrons. The Labute approximate surface area is 196 Å². The SMILES string of the molecule is Cn1ncc(-c2ccc(N(C=O)Cc3cccnc3)c(NCCc3cccc(F)c3)n2)c1C#N. The second-order valence-electron chi connectivity index (χ2n) is 7.61. The first kappa shape index (κ1) is 22.6. The first-order chi connectivity index (χ1) is 16.6. The first-order valence-electron chi connectivity index (χ1n) is 10.6. The normalized spacial score (nSPS) is 10.5. The molecule has 170 valence electrons. The predicted octanol–water partition coefficient (Wildman–Crippen LogP) is 3.71. The summed E-state index contributed by atoms with van der Waals surface area (Å²) in [7, 11) is 1.69. The minimum Gasteiger partial charge on any atom is -0.368 e. The number of benzene rings is 1. The van der Waals surface area contributed by atoms with E-state index in [-0.39, 0.29) is 5.82 Å². The van der Waals surface area contributed by atoms with Crippen LogP contribution in [0.5, 0.6) is 0 Å². The molecular weight excluding hydrogens is 433 g/mol. The maximum Gasteiger partial charge on any atom is 0.214 e. The number of nitrogens with one attached hydrogen (secondary N) is 1. The second kappa shape index (κ2) is 10.4. The number of aryl methyl sites for hydroxylation is 1. The maximum absolute atomic E-state index is 13.5. The standard InChI is InChI=1S/C25H22FN7O/c1-32-24(13-27)21(15-30-32)22-7-8-23(33(17-34)16-19-5-3-10-28-14-19)25(31-22)29-11-9-18-4-2-6-20(26)12-18/h2-8,10,12,14-15,17H,9,11,16H2,1H3,(H,29,31). The van der Waals surface area contributed by atoms with Crippen LogP contribution in [0.4, 0.5) is 15.9 Å². The van der Waals surface area contributed by atoms with Gasteiger partial charge in [-0.15, -0.1) is 0 Å². The molecule has 34 heavy (non-hydrogen) atoms. The number of amides is 1. The van der Waals surface area contributed by atoms with Crippen molar-refractivity contribution < 1.29 is 9.18 Å². The number of carbonyl (C=O) groups is 1. The number of anilines is 2. The third-order valence-corrected chi connectivity index (χ3v) is 5.30. The van der Waals surface area contributed by atoms with Crippen molar-refractivity contribution in [2.24, 2.45) is 7.05 Å². The molecule has 0 saturated carbocycles. The summed E-state index contributed by atoms with van der Waals surface area (Å²) >= 11 is 0. The van der Waals surface area contributed by atoms with Gasteiger partial charge in [-0.05, 0) is 47.9 Å². The number of hydrogen-bond donors (Lipinski definition) is 1. The van der Waals surface area contributed by atoms with E-state index in [1.807, 2.05) is 18.2 Å². The van der Waals surface area contributed by atoms with E-state index in [0.717, 1.165) is 17.5 Å². The average molecular weight is 455 g/mol. The van der Waals surface area contributed by atoms with Gasteiger partial charge in [0.05, 0.1) is 29.7 Å². The van der Waals surface area contributed by atoms with Crippen molar-refractivity contribution in [3.8, 4) is 17.3 Å². The summed E-state index contributed by atoms with van der Waals surface area (Å²) in [4.78, 5) is 22.4. The van der Waals surface area contributed by atoms with Gasteiger partial charge in [0.15, 0.2) is 5.82 Å². The van der Waals surface area contributed by atoms with Crippen LogP contribution in [0.25, 0.3) is 11.3 Å². The molecule has 4 aromatic rings. The number of pyridine rings is 2. The van der Waals surface area contributed by atoms with Gasteiger partial charge >= 0.3 is 0 Å². The highest BCUT2D eigenvalue weighted by molar-refractivity contribution is 5.83. The third kappa shape index (κ3) is 5.07. The molecule has 1 N–H and O–H groups in total. The van der Waals surface area contributed by atoms with E-state index in [4.69, 9.17) is 4.98 Å². The Hall–Kier alpha value is -4.58. The Bertz CT molecular complexity index is 1330. The molecule has 0 atom stereocenters. The number of nitrogens with zero attached hydrogens (tertiary/aromatic N) is 6. The topological polar surface area (TPSA) is 99.7 Å². The van der Waals surface area contributed by atoms with Crippen LogP contribution in [-0.2, 0) is 24.8 Å². The van der Waals surface area contributed by atoms with Crippen molar-refractivity contribution in [2.45, 2.75) is 13.0 Å². The molecule has 0 fully saturated rings. The fourth-order valence-electron chi connectivity index (χ4n) is 3.61. The molecule has 3 aromatic heterocycles. The number of nitriles is 1. The van der Waals surface area contributed by atoms with Crippen molar-refractivity contribution in [2.75, 3.05) is 16.8 Å². The minimum atomic E-state index is -0.289. The van der Waals surface area contributed by atoms with Gasteiger partial charge in [-0.1, -0.05) is 18.2 Å². The van der Waals surface area contributed by atoms with Crippen LogP contribution in [0.1, 0.15) is 16.8 Å². The second-order valence-corrected chi connectivity index (χ2v) is 7.61. The molecule has 3 heterocycles. The van der Waals surface area contributed by atoms with Gasteiger partial charge in [-0.25, -0.2) is 9.37 Å². The first-order valence-corrected chi connectivity index (χ1v) is 10.6. The highest BCUT2D eigenvalue weighted by Gasteiger charge is 2.17. The smallest absolute Gasteiger partial charge is 0.214 e. The van der Waals surface area contributed by atoms with Crippen LogP contribution in [0, 0.1) is 17.1 Å². The molecule has 1 amide bonds. The van der Waals surface area contributed by atoms with Gasteiger partial charge in [-0.3, -0.25) is 14.5 Å². The largest absolute Gasteiger partial charge is 0.368 e. The lowest BCUT2D eigenvalue weighted by molar-refractivity contribution is -0.107. The number of rotatable bonds is 9. The van der Waals surface area contributed by atoms with Crippen LogP contribution in [0.15, 0.2) is 67.1 Å². The lowest BCUT2D eigenvalue weighted by atomic mass is 10.1. The summed E-state index contributed by atoms with van der Waals surface area (Å²) < 4.78 is 15.0. The van der Waals surface area contributed by atoms with Crippen LogP contribution in [0.3, 0.4) is 0 Å². The highest BCUT2D eigenvalue weighted by atomic mass is 19.1. The lowest BCUT2D eigenvalue weighted by Crippen LogP contribution is -2.23. The Morgan fingerprint density at radius 1 is 1.18 bits per heavy atom. The molecule has 0 unspecified atom stereocenters. The Morgan fingerprint density at radius 2 is 2.03 bits per heavy atom. The van der Waals surface area contributed by atoms with Gasteiger partial charge in [0.25, 0.3) is 0 Å². The fraction of sp³-hybridized carbons (Fsp3) is 0.160. The van der Waals surface area contributed by atoms with Crippen LogP contribution < -0.4 is 10.2 Å². The number of halogens is 1. The Balaban J connectivity index is 1.66. The maximum atomic E-state index is 13.5. The third-order valence-electron chi connectivity index (χ3n) is 5.30. The highest BCUT2D eigenvalue weighted by Crippen LogP contribution is 2.30. The van der Waals surface area contributed by atoms with Crippen molar-refractivity contribution in [1.82, 2.24) is 19.7 Å². The van der Waals surface area contributed by atoms with E-state index in [1.165, 1.54) is 21.7 Å². The molecule has 0 aliphatic heterocycles. The number of hydrogen-bond acceptors (Lipinski definition) is 6. The van der Waals surface area contributed by atoms with Crippen molar-refractivity contribution in [1.29, 1.82) is 5.26 Å².